The predicted octanol–water partition coefficient (Wildman–Crippen LogP) is 6.88. The lowest BCUT2D eigenvalue weighted by Gasteiger charge is -2.18. The molecule has 0 heterocycles. The lowest BCUT2D eigenvalue weighted by atomic mass is 9.86. The van der Waals surface area contributed by atoms with Crippen LogP contribution in [-0.4, -0.2) is 11.9 Å². The first-order chi connectivity index (χ1) is 17.6. The third kappa shape index (κ3) is 5.75. The van der Waals surface area contributed by atoms with Crippen molar-refractivity contribution in [2.24, 2.45) is 0 Å². The summed E-state index contributed by atoms with van der Waals surface area (Å²) in [5, 5.41) is 0. The Bertz CT molecular complexity index is 1290. The van der Waals surface area contributed by atoms with Crippen LogP contribution >= 0.6 is 0 Å². The summed E-state index contributed by atoms with van der Waals surface area (Å²) in [6.45, 7) is 6.89. The average Bonchev–Trinajstić information content (AvgIpc) is 2.93. The zero-order chi connectivity index (χ0) is 25.3. The van der Waals surface area contributed by atoms with E-state index in [1.807, 2.05) is 60.7 Å². The van der Waals surface area contributed by atoms with Crippen molar-refractivity contribution in [1.29, 1.82) is 0 Å². The molecule has 4 nitrogen and oxygen atoms in total. The van der Waals surface area contributed by atoms with Crippen molar-refractivity contribution in [3.8, 4) is 11.5 Å². The molecule has 0 amide bonds. The third-order valence-corrected chi connectivity index (χ3v) is 5.43. The molecule has 0 saturated heterocycles. The molecule has 0 fully saturated rings. The van der Waals surface area contributed by atoms with Crippen LogP contribution < -0.4 is 9.47 Å². The van der Waals surface area contributed by atoms with Crippen LogP contribution in [0.5, 0.6) is 11.5 Å². The monoisotopic (exact) mass is 472 g/mol. The van der Waals surface area contributed by atoms with Crippen molar-refractivity contribution < 1.29 is 19.1 Å². The second-order valence-electron chi connectivity index (χ2n) is 7.78. The molecule has 4 heteroatoms. The number of esters is 2. The molecule has 176 valence electrons. The standard InChI is InChI=1S/C32H24O4/c1-3-29(33)35-27-19-15-25(16-20-27)32(26-17-21-28(22-18-26)36-30(34)4-2)31(23-11-7-5-8-12-23)24-13-9-6-10-14-24/h3-22H,1-2H2. The lowest BCUT2D eigenvalue weighted by Crippen LogP contribution is -2.04. The van der Waals surface area contributed by atoms with Crippen LogP contribution in [0, 0.1) is 0 Å². The number of carbonyl (C=O) groups is 2. The normalized spacial score (nSPS) is 10.1. The average molecular weight is 473 g/mol. The molecule has 4 aromatic carbocycles. The van der Waals surface area contributed by atoms with Gasteiger partial charge in [0, 0.05) is 12.2 Å². The fraction of sp³-hybridized carbons (Fsp3) is 0. The molecule has 0 radical (unpaired) electrons. The Morgan fingerprint density at radius 2 is 0.778 bits per heavy atom. The molecule has 0 saturated carbocycles. The van der Waals surface area contributed by atoms with Crippen LogP contribution in [0.25, 0.3) is 11.1 Å². The quantitative estimate of drug-likeness (QED) is 0.121. The summed E-state index contributed by atoms with van der Waals surface area (Å²) in [7, 11) is 0. The number of benzene rings is 4. The minimum Gasteiger partial charge on any atom is -0.423 e. The maximum absolute atomic E-state index is 11.6. The van der Waals surface area contributed by atoms with Crippen LogP contribution in [0.1, 0.15) is 22.3 Å². The lowest BCUT2D eigenvalue weighted by molar-refractivity contribution is -0.129. The molecule has 4 rings (SSSR count). The first-order valence-electron chi connectivity index (χ1n) is 11.3. The zero-order valence-electron chi connectivity index (χ0n) is 19.6. The molecule has 0 N–H and O–H groups in total. The molecule has 0 spiro atoms. The Hall–Kier alpha value is -4.96. The molecule has 0 aliphatic heterocycles. The van der Waals surface area contributed by atoms with E-state index >= 15 is 0 Å². The second kappa shape index (κ2) is 11.4. The molecule has 0 aliphatic rings. The van der Waals surface area contributed by atoms with Crippen LogP contribution in [0.2, 0.25) is 0 Å². The fourth-order valence-corrected chi connectivity index (χ4v) is 3.82. The van der Waals surface area contributed by atoms with Crippen LogP contribution in [-0.2, 0) is 9.59 Å². The minimum absolute atomic E-state index is 0.427. The summed E-state index contributed by atoms with van der Waals surface area (Å²) in [4.78, 5) is 23.3. The van der Waals surface area contributed by atoms with Gasteiger partial charge in [0.25, 0.3) is 0 Å². The molecular weight excluding hydrogens is 448 g/mol. The van der Waals surface area contributed by atoms with E-state index in [0.717, 1.165) is 45.6 Å². The highest BCUT2D eigenvalue weighted by Crippen LogP contribution is 2.37. The van der Waals surface area contributed by atoms with Gasteiger partial charge in [-0.15, -0.1) is 0 Å². The van der Waals surface area contributed by atoms with E-state index in [2.05, 4.69) is 37.4 Å². The maximum atomic E-state index is 11.6. The molecule has 0 atom stereocenters. The van der Waals surface area contributed by atoms with E-state index in [-0.39, 0.29) is 0 Å². The Labute approximate surface area is 210 Å². The molecule has 0 unspecified atom stereocenters. The van der Waals surface area contributed by atoms with Gasteiger partial charge in [0.05, 0.1) is 0 Å². The Morgan fingerprint density at radius 1 is 0.472 bits per heavy atom. The molecule has 0 aromatic heterocycles. The summed E-state index contributed by atoms with van der Waals surface area (Å²) in [6.07, 6.45) is 2.26. The Kier molecular flexibility index (Phi) is 7.69. The van der Waals surface area contributed by atoms with Crippen molar-refractivity contribution in [2.75, 3.05) is 0 Å². The first-order valence-corrected chi connectivity index (χ1v) is 11.3. The van der Waals surface area contributed by atoms with Gasteiger partial charge in [-0.25, -0.2) is 9.59 Å². The summed E-state index contributed by atoms with van der Waals surface area (Å²) in [5.41, 5.74) is 5.93. The Morgan fingerprint density at radius 3 is 1.08 bits per heavy atom. The topological polar surface area (TPSA) is 52.6 Å². The van der Waals surface area contributed by atoms with E-state index in [1.165, 1.54) is 0 Å². The molecular formula is C32H24O4. The fourth-order valence-electron chi connectivity index (χ4n) is 3.82. The SMILES string of the molecule is C=CC(=O)Oc1ccc(C(=C(c2ccccc2)c2ccccc2)c2ccc(OC(=O)C=C)cc2)cc1. The van der Waals surface area contributed by atoms with E-state index in [1.54, 1.807) is 24.3 Å². The van der Waals surface area contributed by atoms with E-state index in [4.69, 9.17) is 9.47 Å². The predicted molar refractivity (Wildman–Crippen MR) is 142 cm³/mol. The van der Waals surface area contributed by atoms with Crippen molar-refractivity contribution in [3.63, 3.8) is 0 Å². The van der Waals surface area contributed by atoms with Gasteiger partial charge in [0.1, 0.15) is 11.5 Å². The molecule has 4 aromatic rings. The van der Waals surface area contributed by atoms with Crippen molar-refractivity contribution in [1.82, 2.24) is 0 Å². The third-order valence-electron chi connectivity index (χ3n) is 5.43. The van der Waals surface area contributed by atoms with Crippen LogP contribution in [0.4, 0.5) is 0 Å². The highest BCUT2D eigenvalue weighted by molar-refractivity contribution is 6.04. The smallest absolute Gasteiger partial charge is 0.335 e. The van der Waals surface area contributed by atoms with Gasteiger partial charge in [-0.1, -0.05) is 98.1 Å². The molecule has 36 heavy (non-hydrogen) atoms. The van der Waals surface area contributed by atoms with Gasteiger partial charge in [-0.05, 0) is 57.7 Å². The zero-order valence-corrected chi connectivity index (χ0v) is 19.6. The second-order valence-corrected chi connectivity index (χ2v) is 7.78. The van der Waals surface area contributed by atoms with E-state index in [0.29, 0.717) is 11.5 Å². The number of carbonyl (C=O) groups excluding carboxylic acids is 2. The van der Waals surface area contributed by atoms with Gasteiger partial charge in [0.15, 0.2) is 0 Å². The van der Waals surface area contributed by atoms with Crippen molar-refractivity contribution in [3.05, 3.63) is 157 Å². The maximum Gasteiger partial charge on any atom is 0.335 e. The number of rotatable bonds is 8. The highest BCUT2D eigenvalue weighted by atomic mass is 16.5. The van der Waals surface area contributed by atoms with E-state index < -0.39 is 11.9 Å². The molecule has 0 bridgehead atoms. The van der Waals surface area contributed by atoms with Gasteiger partial charge >= 0.3 is 11.9 Å². The van der Waals surface area contributed by atoms with Gasteiger partial charge in [-0.2, -0.15) is 0 Å². The first kappa shape index (κ1) is 24.2. The summed E-state index contributed by atoms with van der Waals surface area (Å²) < 4.78 is 10.5. The van der Waals surface area contributed by atoms with E-state index in [9.17, 15) is 9.59 Å². The summed E-state index contributed by atoms with van der Waals surface area (Å²) >= 11 is 0. The number of ether oxygens (including phenoxy) is 2. The minimum atomic E-state index is -0.516. The van der Waals surface area contributed by atoms with Gasteiger partial charge in [0.2, 0.25) is 0 Å². The van der Waals surface area contributed by atoms with Crippen LogP contribution in [0.15, 0.2) is 135 Å². The van der Waals surface area contributed by atoms with Crippen molar-refractivity contribution in [2.45, 2.75) is 0 Å². The van der Waals surface area contributed by atoms with Gasteiger partial charge < -0.3 is 9.47 Å². The molecule has 0 aliphatic carbocycles. The number of hydrogen-bond donors (Lipinski definition) is 0. The van der Waals surface area contributed by atoms with Crippen molar-refractivity contribution >= 4 is 23.1 Å². The van der Waals surface area contributed by atoms with Crippen LogP contribution in [0.3, 0.4) is 0 Å². The summed E-state index contributed by atoms with van der Waals surface area (Å²) in [5.74, 6) is -0.179. The summed E-state index contributed by atoms with van der Waals surface area (Å²) in [6, 6.07) is 35.0. The number of hydrogen-bond acceptors (Lipinski definition) is 4. The Balaban J connectivity index is 1.92. The van der Waals surface area contributed by atoms with Gasteiger partial charge in [-0.3, -0.25) is 0 Å². The largest absolute Gasteiger partial charge is 0.423 e. The highest BCUT2D eigenvalue weighted by Gasteiger charge is 2.17.